The summed E-state index contributed by atoms with van der Waals surface area (Å²) < 4.78 is 0. The molecule has 102 valence electrons. The van der Waals surface area contributed by atoms with E-state index >= 15 is 0 Å². The average Bonchev–Trinajstić information content (AvgIpc) is 2.45. The predicted molar refractivity (Wildman–Crippen MR) is 77.3 cm³/mol. The van der Waals surface area contributed by atoms with Crippen LogP contribution in [0.3, 0.4) is 0 Å². The molecule has 4 nitrogen and oxygen atoms in total. The van der Waals surface area contributed by atoms with Crippen LogP contribution in [-0.2, 0) is 0 Å². The fraction of sp³-hybridized carbons (Fsp3) is 0.571. The number of hydrogen-bond acceptors (Lipinski definition) is 4. The zero-order chi connectivity index (χ0) is 13.7. The molecule has 0 aromatic carbocycles. The highest BCUT2D eigenvalue weighted by Crippen LogP contribution is 2.15. The van der Waals surface area contributed by atoms with Crippen LogP contribution in [0.2, 0.25) is 5.15 Å². The Kier molecular flexibility index (Phi) is 5.00. The molecule has 0 radical (unpaired) electrons. The maximum atomic E-state index is 8.90. The number of piperidine rings is 1. The fourth-order valence-corrected chi connectivity index (χ4v) is 2.60. The van der Waals surface area contributed by atoms with E-state index < -0.39 is 0 Å². The lowest BCUT2D eigenvalue weighted by atomic mass is 10.1. The minimum atomic E-state index is 0.354. The van der Waals surface area contributed by atoms with Gasteiger partial charge in [-0.3, -0.25) is 4.90 Å². The second-order valence-corrected chi connectivity index (χ2v) is 5.39. The molecular formula is C14H19ClN4. The van der Waals surface area contributed by atoms with Crippen LogP contribution >= 0.6 is 11.6 Å². The summed E-state index contributed by atoms with van der Waals surface area (Å²) in [6.45, 7) is 5.39. The standard InChI is InChI=1S/C14H19ClN4/c1-11(19-5-3-2-4-6-19)10-17-14-8-12(9-16)7-13(15)18-14/h7-8,11H,2-6,10H2,1H3,(H,17,18). The lowest BCUT2D eigenvalue weighted by Crippen LogP contribution is -2.41. The Morgan fingerprint density at radius 2 is 2.16 bits per heavy atom. The number of likely N-dealkylation sites (tertiary alicyclic amines) is 1. The summed E-state index contributed by atoms with van der Waals surface area (Å²) in [5.74, 6) is 0.674. The Bertz CT molecular complexity index is 463. The molecule has 1 saturated heterocycles. The van der Waals surface area contributed by atoms with Crippen LogP contribution in [0, 0.1) is 11.3 Å². The van der Waals surface area contributed by atoms with Gasteiger partial charge >= 0.3 is 0 Å². The van der Waals surface area contributed by atoms with Gasteiger partial charge < -0.3 is 5.32 Å². The number of nitriles is 1. The van der Waals surface area contributed by atoms with Crippen molar-refractivity contribution in [2.45, 2.75) is 32.2 Å². The summed E-state index contributed by atoms with van der Waals surface area (Å²) in [6, 6.07) is 5.85. The van der Waals surface area contributed by atoms with E-state index in [0.29, 0.717) is 22.6 Å². The van der Waals surface area contributed by atoms with Gasteiger partial charge in [0.1, 0.15) is 11.0 Å². The van der Waals surface area contributed by atoms with E-state index in [-0.39, 0.29) is 0 Å². The van der Waals surface area contributed by atoms with Crippen molar-refractivity contribution in [2.75, 3.05) is 25.0 Å². The molecule has 1 aromatic rings. The Morgan fingerprint density at radius 1 is 1.42 bits per heavy atom. The highest BCUT2D eigenvalue weighted by molar-refractivity contribution is 6.29. The summed E-state index contributed by atoms with van der Waals surface area (Å²) >= 11 is 5.88. The third-order valence-corrected chi connectivity index (χ3v) is 3.71. The van der Waals surface area contributed by atoms with Crippen molar-refractivity contribution < 1.29 is 0 Å². The summed E-state index contributed by atoms with van der Waals surface area (Å²) in [5.41, 5.74) is 0.535. The van der Waals surface area contributed by atoms with E-state index in [0.717, 1.165) is 6.54 Å². The van der Waals surface area contributed by atoms with Gasteiger partial charge in [-0.05, 0) is 45.0 Å². The van der Waals surface area contributed by atoms with Crippen LogP contribution in [-0.4, -0.2) is 35.6 Å². The number of halogens is 1. The SMILES string of the molecule is CC(CNc1cc(C#N)cc(Cl)n1)N1CCCCC1. The molecule has 1 atom stereocenters. The molecule has 0 amide bonds. The molecule has 1 aliphatic heterocycles. The van der Waals surface area contributed by atoms with Crippen molar-refractivity contribution in [3.8, 4) is 6.07 Å². The maximum absolute atomic E-state index is 8.90. The van der Waals surface area contributed by atoms with Gasteiger partial charge in [-0.2, -0.15) is 5.26 Å². The van der Waals surface area contributed by atoms with Crippen molar-refractivity contribution in [3.63, 3.8) is 0 Å². The van der Waals surface area contributed by atoms with Crippen molar-refractivity contribution in [1.29, 1.82) is 5.26 Å². The molecule has 0 saturated carbocycles. The number of pyridine rings is 1. The third kappa shape index (κ3) is 4.09. The van der Waals surface area contributed by atoms with Gasteiger partial charge in [-0.25, -0.2) is 4.98 Å². The van der Waals surface area contributed by atoms with Crippen LogP contribution in [0.4, 0.5) is 5.82 Å². The molecule has 0 aliphatic carbocycles. The van der Waals surface area contributed by atoms with Crippen LogP contribution in [0.5, 0.6) is 0 Å². The first kappa shape index (κ1) is 14.1. The van der Waals surface area contributed by atoms with Gasteiger partial charge in [0.2, 0.25) is 0 Å². The summed E-state index contributed by atoms with van der Waals surface area (Å²) in [6.07, 6.45) is 3.93. The summed E-state index contributed by atoms with van der Waals surface area (Å²) in [4.78, 5) is 6.68. The minimum absolute atomic E-state index is 0.354. The van der Waals surface area contributed by atoms with Gasteiger partial charge in [0.05, 0.1) is 11.6 Å². The maximum Gasteiger partial charge on any atom is 0.132 e. The fourth-order valence-electron chi connectivity index (χ4n) is 2.39. The average molecular weight is 279 g/mol. The summed E-state index contributed by atoms with van der Waals surface area (Å²) in [7, 11) is 0. The van der Waals surface area contributed by atoms with Gasteiger partial charge in [-0.1, -0.05) is 18.0 Å². The quantitative estimate of drug-likeness (QED) is 0.861. The van der Waals surface area contributed by atoms with E-state index in [9.17, 15) is 0 Å². The van der Waals surface area contributed by atoms with Crippen molar-refractivity contribution in [2.24, 2.45) is 0 Å². The first-order valence-corrected chi connectivity index (χ1v) is 7.12. The molecule has 2 rings (SSSR count). The normalized spacial score (nSPS) is 17.7. The molecule has 1 N–H and O–H groups in total. The van der Waals surface area contributed by atoms with Crippen LogP contribution in [0.25, 0.3) is 0 Å². The van der Waals surface area contributed by atoms with Crippen LogP contribution in [0.1, 0.15) is 31.7 Å². The van der Waals surface area contributed by atoms with Gasteiger partial charge in [0, 0.05) is 12.6 Å². The first-order chi connectivity index (χ1) is 9.19. The van der Waals surface area contributed by atoms with E-state index in [1.807, 2.05) is 0 Å². The number of hydrogen-bond donors (Lipinski definition) is 1. The molecule has 1 aliphatic rings. The zero-order valence-electron chi connectivity index (χ0n) is 11.2. The second-order valence-electron chi connectivity index (χ2n) is 5.00. The Labute approximate surface area is 119 Å². The van der Waals surface area contributed by atoms with Crippen molar-refractivity contribution in [3.05, 3.63) is 22.8 Å². The lowest BCUT2D eigenvalue weighted by Gasteiger charge is -2.32. The molecule has 2 heterocycles. The van der Waals surface area contributed by atoms with Crippen molar-refractivity contribution >= 4 is 17.4 Å². The molecule has 19 heavy (non-hydrogen) atoms. The smallest absolute Gasteiger partial charge is 0.132 e. The van der Waals surface area contributed by atoms with Crippen LogP contribution in [0.15, 0.2) is 12.1 Å². The highest BCUT2D eigenvalue weighted by atomic mass is 35.5. The van der Waals surface area contributed by atoms with E-state index in [4.69, 9.17) is 16.9 Å². The molecule has 5 heteroatoms. The van der Waals surface area contributed by atoms with E-state index in [2.05, 4.69) is 28.2 Å². The molecule has 0 spiro atoms. The van der Waals surface area contributed by atoms with Gasteiger partial charge in [0.15, 0.2) is 0 Å². The van der Waals surface area contributed by atoms with Crippen molar-refractivity contribution in [1.82, 2.24) is 9.88 Å². The molecular weight excluding hydrogens is 260 g/mol. The number of aromatic nitrogens is 1. The predicted octanol–water partition coefficient (Wildman–Crippen LogP) is 2.89. The van der Waals surface area contributed by atoms with E-state index in [1.54, 1.807) is 12.1 Å². The third-order valence-electron chi connectivity index (χ3n) is 3.52. The van der Waals surface area contributed by atoms with Crippen LogP contribution < -0.4 is 5.32 Å². The Morgan fingerprint density at radius 3 is 2.84 bits per heavy atom. The number of nitrogens with zero attached hydrogens (tertiary/aromatic N) is 3. The molecule has 1 fully saturated rings. The molecule has 1 unspecified atom stereocenters. The number of rotatable bonds is 4. The van der Waals surface area contributed by atoms with E-state index in [1.165, 1.54) is 32.4 Å². The van der Waals surface area contributed by atoms with Gasteiger partial charge in [0.25, 0.3) is 0 Å². The monoisotopic (exact) mass is 278 g/mol. The topological polar surface area (TPSA) is 52.0 Å². The zero-order valence-corrected chi connectivity index (χ0v) is 12.0. The molecule has 1 aromatic heterocycles. The molecule has 0 bridgehead atoms. The number of anilines is 1. The first-order valence-electron chi connectivity index (χ1n) is 6.74. The van der Waals surface area contributed by atoms with Gasteiger partial charge in [-0.15, -0.1) is 0 Å². The number of nitrogens with one attached hydrogen (secondary N) is 1. The Hall–Kier alpha value is -1.31. The Balaban J connectivity index is 1.91. The second kappa shape index (κ2) is 6.74. The summed E-state index contributed by atoms with van der Waals surface area (Å²) in [5, 5.41) is 12.5. The minimum Gasteiger partial charge on any atom is -0.368 e. The largest absolute Gasteiger partial charge is 0.368 e. The lowest BCUT2D eigenvalue weighted by molar-refractivity contribution is 0.180. The highest BCUT2D eigenvalue weighted by Gasteiger charge is 2.16.